The molecule has 7 heteroatoms. The highest BCUT2D eigenvalue weighted by atomic mass is 79.9. The van der Waals surface area contributed by atoms with Gasteiger partial charge in [0.05, 0.1) is 16.5 Å². The summed E-state index contributed by atoms with van der Waals surface area (Å²) < 4.78 is 33.2. The molecule has 2 unspecified atom stereocenters. The third-order valence-electron chi connectivity index (χ3n) is 3.83. The second-order valence-corrected chi connectivity index (χ2v) is 8.08. The number of hydrogen-bond donors (Lipinski definition) is 1. The first-order valence-corrected chi connectivity index (χ1v) is 9.22. The maximum absolute atomic E-state index is 12.9. The first kappa shape index (κ1) is 16.7. The zero-order valence-corrected chi connectivity index (χ0v) is 14.7. The van der Waals surface area contributed by atoms with Crippen LogP contribution in [0.3, 0.4) is 0 Å². The maximum atomic E-state index is 12.9. The van der Waals surface area contributed by atoms with Gasteiger partial charge in [-0.15, -0.1) is 0 Å². The smallest absolute Gasteiger partial charge is 0.243 e. The van der Waals surface area contributed by atoms with E-state index in [-0.39, 0.29) is 17.0 Å². The first-order valence-electron chi connectivity index (χ1n) is 6.99. The Morgan fingerprint density at radius 1 is 1.43 bits per heavy atom. The van der Waals surface area contributed by atoms with Crippen molar-refractivity contribution in [3.63, 3.8) is 0 Å². The fourth-order valence-corrected chi connectivity index (χ4v) is 4.89. The summed E-state index contributed by atoms with van der Waals surface area (Å²) in [6, 6.07) is 4.51. The summed E-state index contributed by atoms with van der Waals surface area (Å²) in [5, 5.41) is 0. The molecule has 0 saturated carbocycles. The zero-order valence-electron chi connectivity index (χ0n) is 12.3. The van der Waals surface area contributed by atoms with Gasteiger partial charge < -0.3 is 10.5 Å². The maximum Gasteiger partial charge on any atom is 0.243 e. The predicted octanol–water partition coefficient (Wildman–Crippen LogP) is 2.35. The summed E-state index contributed by atoms with van der Waals surface area (Å²) in [5.41, 5.74) is 5.97. The first-order chi connectivity index (χ1) is 9.87. The van der Waals surface area contributed by atoms with Gasteiger partial charge in [-0.1, -0.05) is 6.42 Å². The summed E-state index contributed by atoms with van der Waals surface area (Å²) in [5.74, 6) is 0.505. The minimum absolute atomic E-state index is 0.140. The van der Waals surface area contributed by atoms with E-state index in [9.17, 15) is 8.42 Å². The molecule has 0 aromatic heterocycles. The lowest BCUT2D eigenvalue weighted by Gasteiger charge is -2.36. The molecule has 2 atom stereocenters. The zero-order chi connectivity index (χ0) is 15.6. The van der Waals surface area contributed by atoms with Crippen LogP contribution in [0.25, 0.3) is 0 Å². The number of rotatable bonds is 4. The summed E-state index contributed by atoms with van der Waals surface area (Å²) in [7, 11) is -2.04. The highest BCUT2D eigenvalue weighted by molar-refractivity contribution is 9.10. The molecule has 118 valence electrons. The van der Waals surface area contributed by atoms with Crippen molar-refractivity contribution in [3.8, 4) is 5.75 Å². The number of ether oxygens (including phenoxy) is 1. The van der Waals surface area contributed by atoms with Crippen LogP contribution >= 0.6 is 15.9 Å². The topological polar surface area (TPSA) is 72.6 Å². The van der Waals surface area contributed by atoms with Crippen molar-refractivity contribution in [3.05, 3.63) is 22.7 Å². The minimum atomic E-state index is -3.55. The van der Waals surface area contributed by atoms with Crippen LogP contribution in [0.5, 0.6) is 5.75 Å². The second-order valence-electron chi connectivity index (χ2n) is 5.33. The van der Waals surface area contributed by atoms with Crippen LogP contribution in [0.4, 0.5) is 0 Å². The quantitative estimate of drug-likeness (QED) is 0.874. The Bertz CT molecular complexity index is 604. The lowest BCUT2D eigenvalue weighted by atomic mass is 10.00. The average Bonchev–Trinajstić information content (AvgIpc) is 2.47. The number of halogens is 1. The van der Waals surface area contributed by atoms with Crippen LogP contribution in [0.1, 0.15) is 26.2 Å². The molecule has 1 aliphatic heterocycles. The summed E-state index contributed by atoms with van der Waals surface area (Å²) in [4.78, 5) is 0.245. The normalized spacial score (nSPS) is 22.0. The number of sulfonamides is 1. The van der Waals surface area contributed by atoms with E-state index in [1.54, 1.807) is 22.5 Å². The van der Waals surface area contributed by atoms with Crippen LogP contribution in [0.2, 0.25) is 0 Å². The van der Waals surface area contributed by atoms with Crippen molar-refractivity contribution < 1.29 is 13.2 Å². The fraction of sp³-hybridized carbons (Fsp3) is 0.571. The van der Waals surface area contributed by atoms with Gasteiger partial charge in [0, 0.05) is 24.7 Å². The molecule has 1 heterocycles. The number of nitrogens with two attached hydrogens (primary N) is 1. The van der Waals surface area contributed by atoms with Gasteiger partial charge >= 0.3 is 0 Å². The molecular formula is C14H21BrN2O3S. The molecular weight excluding hydrogens is 356 g/mol. The van der Waals surface area contributed by atoms with Crippen molar-refractivity contribution in [2.75, 3.05) is 13.7 Å². The minimum Gasteiger partial charge on any atom is -0.496 e. The van der Waals surface area contributed by atoms with Crippen LogP contribution in [-0.2, 0) is 10.0 Å². The van der Waals surface area contributed by atoms with E-state index in [1.807, 2.05) is 6.92 Å². The molecule has 1 fully saturated rings. The van der Waals surface area contributed by atoms with E-state index in [2.05, 4.69) is 15.9 Å². The van der Waals surface area contributed by atoms with Gasteiger partial charge in [-0.2, -0.15) is 4.31 Å². The van der Waals surface area contributed by atoms with Crippen LogP contribution in [0, 0.1) is 0 Å². The Kier molecular flexibility index (Phi) is 5.29. The highest BCUT2D eigenvalue weighted by Crippen LogP contribution is 2.31. The van der Waals surface area contributed by atoms with Crippen LogP contribution < -0.4 is 10.5 Å². The number of nitrogens with zero attached hydrogens (tertiary/aromatic N) is 1. The largest absolute Gasteiger partial charge is 0.496 e. The third-order valence-corrected chi connectivity index (χ3v) is 6.41. The van der Waals surface area contributed by atoms with Crippen molar-refractivity contribution in [1.29, 1.82) is 0 Å². The molecule has 5 nitrogen and oxygen atoms in total. The van der Waals surface area contributed by atoms with Crippen molar-refractivity contribution >= 4 is 26.0 Å². The lowest BCUT2D eigenvalue weighted by molar-refractivity contribution is 0.227. The molecule has 0 amide bonds. The van der Waals surface area contributed by atoms with Crippen LogP contribution in [-0.4, -0.2) is 38.5 Å². The summed E-state index contributed by atoms with van der Waals surface area (Å²) in [6.45, 7) is 2.38. The Balaban J connectivity index is 2.40. The van der Waals surface area contributed by atoms with Crippen molar-refractivity contribution in [2.45, 2.75) is 43.2 Å². The Hall–Kier alpha value is -0.630. The Morgan fingerprint density at radius 3 is 2.76 bits per heavy atom. The standard InChI is InChI=1S/C14H21BrN2O3S/c1-10(16)13-5-3-4-8-17(13)21(18,19)11-6-7-12(15)14(9-11)20-2/h6-7,9-10,13H,3-5,8,16H2,1-2H3. The van der Waals surface area contributed by atoms with Crippen molar-refractivity contribution in [1.82, 2.24) is 4.31 Å². The van der Waals surface area contributed by atoms with E-state index < -0.39 is 10.0 Å². The van der Waals surface area contributed by atoms with Gasteiger partial charge in [0.1, 0.15) is 5.75 Å². The van der Waals surface area contributed by atoms with E-state index >= 15 is 0 Å². The van der Waals surface area contributed by atoms with Crippen LogP contribution in [0.15, 0.2) is 27.6 Å². The lowest BCUT2D eigenvalue weighted by Crippen LogP contribution is -2.51. The number of benzene rings is 1. The number of methoxy groups -OCH3 is 1. The van der Waals surface area contributed by atoms with Crippen molar-refractivity contribution in [2.24, 2.45) is 5.73 Å². The van der Waals surface area contributed by atoms with Gasteiger partial charge in [-0.3, -0.25) is 0 Å². The molecule has 1 aliphatic rings. The van der Waals surface area contributed by atoms with E-state index in [0.29, 0.717) is 12.3 Å². The molecule has 2 N–H and O–H groups in total. The Morgan fingerprint density at radius 2 is 2.14 bits per heavy atom. The average molecular weight is 377 g/mol. The molecule has 0 bridgehead atoms. The van der Waals surface area contributed by atoms with Gasteiger partial charge in [-0.25, -0.2) is 8.42 Å². The Labute approximate surface area is 134 Å². The van der Waals surface area contributed by atoms with Gasteiger partial charge in [0.15, 0.2) is 0 Å². The number of hydrogen-bond acceptors (Lipinski definition) is 4. The SMILES string of the molecule is COc1cc(S(=O)(=O)N2CCCCC2C(C)N)ccc1Br. The van der Waals surface area contributed by atoms with E-state index in [4.69, 9.17) is 10.5 Å². The molecule has 0 spiro atoms. The predicted molar refractivity (Wildman–Crippen MR) is 85.9 cm³/mol. The van der Waals surface area contributed by atoms with Gasteiger partial charge in [0.25, 0.3) is 0 Å². The van der Waals surface area contributed by atoms with E-state index in [1.165, 1.54) is 7.11 Å². The van der Waals surface area contributed by atoms with Gasteiger partial charge in [-0.05, 0) is 47.8 Å². The highest BCUT2D eigenvalue weighted by Gasteiger charge is 2.35. The fourth-order valence-electron chi connectivity index (χ4n) is 2.69. The molecule has 0 aliphatic carbocycles. The third kappa shape index (κ3) is 3.41. The molecule has 2 rings (SSSR count). The van der Waals surface area contributed by atoms with E-state index in [0.717, 1.165) is 23.7 Å². The molecule has 1 aromatic carbocycles. The summed E-state index contributed by atoms with van der Waals surface area (Å²) >= 11 is 3.34. The monoisotopic (exact) mass is 376 g/mol. The second kappa shape index (κ2) is 6.64. The summed E-state index contributed by atoms with van der Waals surface area (Å²) in [6.07, 6.45) is 2.70. The van der Waals surface area contributed by atoms with Gasteiger partial charge in [0.2, 0.25) is 10.0 Å². The molecule has 1 saturated heterocycles. The molecule has 0 radical (unpaired) electrons. The molecule has 21 heavy (non-hydrogen) atoms. The molecule has 1 aromatic rings. The number of piperidine rings is 1.